The molecule has 0 unspecified atom stereocenters. The van der Waals surface area contributed by atoms with Crippen molar-refractivity contribution >= 4 is 17.6 Å². The van der Waals surface area contributed by atoms with E-state index in [1.807, 2.05) is 32.9 Å². The minimum absolute atomic E-state index is 0.107. The maximum absolute atomic E-state index is 14.3. The molecule has 3 saturated heterocycles. The molecule has 1 aliphatic carbocycles. The lowest BCUT2D eigenvalue weighted by Gasteiger charge is -2.34. The van der Waals surface area contributed by atoms with E-state index in [-0.39, 0.29) is 30.3 Å². The molecule has 1 saturated carbocycles. The van der Waals surface area contributed by atoms with Crippen molar-refractivity contribution in [3.63, 3.8) is 0 Å². The number of nitrogens with two attached hydrogens (primary N) is 1. The summed E-state index contributed by atoms with van der Waals surface area (Å²) < 4.78 is 5.62. The summed E-state index contributed by atoms with van der Waals surface area (Å²) in [6.45, 7) is 8.27. The SMILES string of the molecule is CC(C)(C)C[C@H](C(=O)N1C[C@@H](N=[N+]=[N-])[C@H]2OCC(=O)[C@H]21)c1cc(C2CCN(C3CC3)CC2)ccc1C(N)=O. The molecule has 0 aromatic heterocycles. The molecule has 0 radical (unpaired) electrons. The summed E-state index contributed by atoms with van der Waals surface area (Å²) in [5.74, 6) is -1.35. The van der Waals surface area contributed by atoms with E-state index in [1.54, 1.807) is 6.07 Å². The Morgan fingerprint density at radius 3 is 2.53 bits per heavy atom. The van der Waals surface area contributed by atoms with Crippen molar-refractivity contribution < 1.29 is 19.1 Å². The number of ketones is 1. The van der Waals surface area contributed by atoms with Crippen LogP contribution in [0, 0.1) is 5.41 Å². The third-order valence-corrected chi connectivity index (χ3v) is 8.54. The number of hydrogen-bond donors (Lipinski definition) is 1. The number of likely N-dealkylation sites (tertiary alicyclic amines) is 2. The molecule has 3 aliphatic heterocycles. The van der Waals surface area contributed by atoms with Gasteiger partial charge in [-0.05, 0) is 79.3 Å². The molecule has 204 valence electrons. The summed E-state index contributed by atoms with van der Waals surface area (Å²) in [6.07, 6.45) is 4.50. The van der Waals surface area contributed by atoms with E-state index in [9.17, 15) is 14.4 Å². The minimum Gasteiger partial charge on any atom is -0.367 e. The van der Waals surface area contributed by atoms with Crippen molar-refractivity contribution in [3.8, 4) is 0 Å². The van der Waals surface area contributed by atoms with E-state index in [0.717, 1.165) is 37.5 Å². The van der Waals surface area contributed by atoms with E-state index >= 15 is 0 Å². The van der Waals surface area contributed by atoms with Crippen molar-refractivity contribution in [2.45, 2.75) is 88.9 Å². The molecule has 0 spiro atoms. The van der Waals surface area contributed by atoms with Crippen molar-refractivity contribution in [3.05, 3.63) is 45.3 Å². The number of amides is 2. The molecular formula is C28H38N6O4. The Balaban J connectivity index is 1.49. The number of piperidine rings is 1. The molecule has 2 amide bonds. The van der Waals surface area contributed by atoms with Crippen molar-refractivity contribution in [1.82, 2.24) is 9.80 Å². The van der Waals surface area contributed by atoms with Gasteiger partial charge in [-0.3, -0.25) is 14.4 Å². The number of primary amides is 1. The Kier molecular flexibility index (Phi) is 7.24. The van der Waals surface area contributed by atoms with Gasteiger partial charge in [0.1, 0.15) is 12.6 Å². The fraction of sp³-hybridized carbons (Fsp3) is 0.679. The van der Waals surface area contributed by atoms with Crippen LogP contribution in [-0.2, 0) is 14.3 Å². The molecule has 1 aromatic carbocycles. The summed E-state index contributed by atoms with van der Waals surface area (Å²) in [5, 5.41) is 3.82. The summed E-state index contributed by atoms with van der Waals surface area (Å²) in [7, 11) is 0. The van der Waals surface area contributed by atoms with E-state index in [1.165, 1.54) is 17.7 Å². The zero-order valence-corrected chi connectivity index (χ0v) is 22.5. The van der Waals surface area contributed by atoms with Crippen LogP contribution < -0.4 is 5.73 Å². The fourth-order valence-corrected chi connectivity index (χ4v) is 6.55. The molecule has 4 atom stereocenters. The average molecular weight is 523 g/mol. The Labute approximate surface area is 223 Å². The maximum Gasteiger partial charge on any atom is 0.249 e. The summed E-state index contributed by atoms with van der Waals surface area (Å²) in [6, 6.07) is 5.09. The number of Topliss-reactive ketones (excluding diaryl/α,β-unsaturated/α-hetero) is 1. The van der Waals surface area contributed by atoms with Gasteiger partial charge >= 0.3 is 0 Å². The molecule has 3 heterocycles. The monoisotopic (exact) mass is 522 g/mol. The number of ether oxygens (including phenoxy) is 1. The number of hydrogen-bond acceptors (Lipinski definition) is 6. The number of benzene rings is 1. The van der Waals surface area contributed by atoms with Crippen molar-refractivity contribution in [2.75, 3.05) is 26.2 Å². The quantitative estimate of drug-likeness (QED) is 0.331. The Hall–Kier alpha value is -2.94. The summed E-state index contributed by atoms with van der Waals surface area (Å²) in [5.41, 5.74) is 16.7. The van der Waals surface area contributed by atoms with Gasteiger partial charge in [-0.2, -0.15) is 0 Å². The van der Waals surface area contributed by atoms with E-state index in [4.69, 9.17) is 16.0 Å². The predicted molar refractivity (Wildman–Crippen MR) is 142 cm³/mol. The molecular weight excluding hydrogens is 484 g/mol. The highest BCUT2D eigenvalue weighted by Gasteiger charge is 2.53. The van der Waals surface area contributed by atoms with Gasteiger partial charge in [0.25, 0.3) is 0 Å². The van der Waals surface area contributed by atoms with Gasteiger partial charge in [0, 0.05) is 23.1 Å². The lowest BCUT2D eigenvalue weighted by Crippen LogP contribution is -2.45. The first kappa shape index (κ1) is 26.7. The number of rotatable bonds is 7. The van der Waals surface area contributed by atoms with Crippen LogP contribution in [0.1, 0.15) is 86.2 Å². The van der Waals surface area contributed by atoms with Crippen LogP contribution >= 0.6 is 0 Å². The molecule has 4 fully saturated rings. The third-order valence-electron chi connectivity index (χ3n) is 8.54. The van der Waals surface area contributed by atoms with Gasteiger partial charge in [-0.1, -0.05) is 38.0 Å². The van der Waals surface area contributed by atoms with Crippen LogP contribution in [0.4, 0.5) is 0 Å². The largest absolute Gasteiger partial charge is 0.367 e. The van der Waals surface area contributed by atoms with E-state index in [2.05, 4.69) is 14.9 Å². The van der Waals surface area contributed by atoms with Gasteiger partial charge in [0.15, 0.2) is 5.78 Å². The zero-order valence-electron chi connectivity index (χ0n) is 22.5. The van der Waals surface area contributed by atoms with Crippen LogP contribution in [-0.4, -0.2) is 77.9 Å². The second kappa shape index (κ2) is 10.3. The number of carbonyl (C=O) groups is 3. The Morgan fingerprint density at radius 1 is 1.21 bits per heavy atom. The first-order valence-corrected chi connectivity index (χ1v) is 13.7. The van der Waals surface area contributed by atoms with Gasteiger partial charge in [-0.15, -0.1) is 0 Å². The highest BCUT2D eigenvalue weighted by molar-refractivity contribution is 5.99. The highest BCUT2D eigenvalue weighted by Crippen LogP contribution is 2.40. The third kappa shape index (κ3) is 5.30. The fourth-order valence-electron chi connectivity index (χ4n) is 6.55. The van der Waals surface area contributed by atoms with Crippen LogP contribution in [0.15, 0.2) is 23.3 Å². The Bertz CT molecular complexity index is 1160. The maximum atomic E-state index is 14.3. The zero-order chi connectivity index (χ0) is 27.2. The van der Waals surface area contributed by atoms with Crippen LogP contribution in [0.5, 0.6) is 0 Å². The minimum atomic E-state index is -0.785. The number of carbonyl (C=O) groups excluding carboxylic acids is 3. The molecule has 10 nitrogen and oxygen atoms in total. The molecule has 4 aliphatic rings. The van der Waals surface area contributed by atoms with Gasteiger partial charge in [0.05, 0.1) is 18.1 Å². The van der Waals surface area contributed by atoms with Crippen LogP contribution in [0.3, 0.4) is 0 Å². The lowest BCUT2D eigenvalue weighted by atomic mass is 9.77. The number of fused-ring (bicyclic) bond motifs is 1. The lowest BCUT2D eigenvalue weighted by molar-refractivity contribution is -0.138. The van der Waals surface area contributed by atoms with Crippen LogP contribution in [0.2, 0.25) is 0 Å². The smallest absolute Gasteiger partial charge is 0.249 e. The topological polar surface area (TPSA) is 142 Å². The molecule has 38 heavy (non-hydrogen) atoms. The summed E-state index contributed by atoms with van der Waals surface area (Å²) in [4.78, 5) is 46.6. The predicted octanol–water partition coefficient (Wildman–Crippen LogP) is 3.50. The molecule has 0 bridgehead atoms. The second-order valence-electron chi connectivity index (χ2n) is 12.5. The second-order valence-corrected chi connectivity index (χ2v) is 12.5. The standard InChI is InChI=1S/C28H38N6O4/c1-28(2,3)13-21(27(37)34-14-22(31-32-30)25-24(34)23(35)15-38-25)20-12-17(4-7-19(20)26(29)36)16-8-10-33(11-9-16)18-5-6-18/h4,7,12,16,18,21-22,24-25H,5-6,8-11,13-15H2,1-3H3,(H2,29,36)/t21-,22+,24+,25+/m0/s1. The normalized spacial score (nSPS) is 27.2. The van der Waals surface area contributed by atoms with Gasteiger partial charge < -0.3 is 20.3 Å². The van der Waals surface area contributed by atoms with Gasteiger partial charge in [0.2, 0.25) is 11.8 Å². The highest BCUT2D eigenvalue weighted by atomic mass is 16.5. The molecule has 1 aromatic rings. The number of azide groups is 1. The summed E-state index contributed by atoms with van der Waals surface area (Å²) >= 11 is 0. The molecule has 10 heteroatoms. The first-order valence-electron chi connectivity index (χ1n) is 13.7. The number of nitrogens with zero attached hydrogens (tertiary/aromatic N) is 5. The van der Waals surface area contributed by atoms with Crippen molar-refractivity contribution in [1.29, 1.82) is 0 Å². The van der Waals surface area contributed by atoms with E-state index < -0.39 is 30.0 Å². The van der Waals surface area contributed by atoms with Crippen molar-refractivity contribution in [2.24, 2.45) is 16.3 Å². The molecule has 5 rings (SSSR count). The first-order chi connectivity index (χ1) is 18.1. The molecule has 2 N–H and O–H groups in total. The van der Waals surface area contributed by atoms with Crippen LogP contribution in [0.25, 0.3) is 10.4 Å². The average Bonchev–Trinajstić information content (AvgIpc) is 3.57. The Morgan fingerprint density at radius 2 is 1.92 bits per heavy atom. The van der Waals surface area contributed by atoms with E-state index in [0.29, 0.717) is 23.5 Å². The van der Waals surface area contributed by atoms with Gasteiger partial charge in [-0.25, -0.2) is 0 Å².